The SMILES string of the molecule is O=C(c1cccn1C1CC1)N(CCc1ccccc1)Cc1ccccn1. The predicted octanol–water partition coefficient (Wildman–Crippen LogP) is 4.10. The Morgan fingerprint density at radius 1 is 1.04 bits per heavy atom. The van der Waals surface area contributed by atoms with Gasteiger partial charge in [-0.05, 0) is 49.1 Å². The van der Waals surface area contributed by atoms with Crippen LogP contribution in [0.2, 0.25) is 0 Å². The van der Waals surface area contributed by atoms with Crippen molar-refractivity contribution < 1.29 is 4.79 Å². The minimum Gasteiger partial charge on any atom is -0.340 e. The highest BCUT2D eigenvalue weighted by Gasteiger charge is 2.28. The summed E-state index contributed by atoms with van der Waals surface area (Å²) in [4.78, 5) is 19.6. The molecule has 0 atom stereocenters. The standard InChI is InChI=1S/C22H23N3O/c26-22(21-10-6-15-25(21)20-11-12-20)24(17-19-9-4-5-14-23-19)16-13-18-7-2-1-3-8-18/h1-10,14-15,20H,11-13,16-17H2. The summed E-state index contributed by atoms with van der Waals surface area (Å²) in [7, 11) is 0. The van der Waals surface area contributed by atoms with Crippen molar-refractivity contribution in [3.63, 3.8) is 0 Å². The number of benzene rings is 1. The zero-order chi connectivity index (χ0) is 17.8. The first-order valence-electron chi connectivity index (χ1n) is 9.21. The Bertz CT molecular complexity index is 853. The lowest BCUT2D eigenvalue weighted by molar-refractivity contribution is 0.0732. The van der Waals surface area contributed by atoms with E-state index in [0.717, 1.165) is 17.8 Å². The van der Waals surface area contributed by atoms with E-state index in [-0.39, 0.29) is 5.91 Å². The molecular weight excluding hydrogens is 322 g/mol. The summed E-state index contributed by atoms with van der Waals surface area (Å²) in [5.41, 5.74) is 2.94. The van der Waals surface area contributed by atoms with Crippen molar-refractivity contribution >= 4 is 5.91 Å². The van der Waals surface area contributed by atoms with Crippen molar-refractivity contribution in [2.45, 2.75) is 31.8 Å². The van der Waals surface area contributed by atoms with Gasteiger partial charge in [0.2, 0.25) is 0 Å². The van der Waals surface area contributed by atoms with Gasteiger partial charge in [0, 0.05) is 25.0 Å². The van der Waals surface area contributed by atoms with Crippen LogP contribution in [0.1, 0.15) is 40.6 Å². The molecule has 2 heterocycles. The molecule has 2 aromatic heterocycles. The molecule has 4 heteroatoms. The summed E-state index contributed by atoms with van der Waals surface area (Å²) in [6.45, 7) is 1.21. The Hall–Kier alpha value is -2.88. The normalized spacial score (nSPS) is 13.5. The number of rotatable bonds is 7. The maximum absolute atomic E-state index is 13.3. The molecule has 1 saturated carbocycles. The van der Waals surface area contributed by atoms with Gasteiger partial charge in [0.15, 0.2) is 0 Å². The molecule has 1 aliphatic carbocycles. The van der Waals surface area contributed by atoms with Gasteiger partial charge in [-0.15, -0.1) is 0 Å². The highest BCUT2D eigenvalue weighted by Crippen LogP contribution is 2.36. The maximum Gasteiger partial charge on any atom is 0.270 e. The number of hydrogen-bond donors (Lipinski definition) is 0. The topological polar surface area (TPSA) is 38.1 Å². The van der Waals surface area contributed by atoms with Crippen LogP contribution in [0, 0.1) is 0 Å². The van der Waals surface area contributed by atoms with Crippen LogP contribution < -0.4 is 0 Å². The van der Waals surface area contributed by atoms with Gasteiger partial charge in [0.25, 0.3) is 5.91 Å². The van der Waals surface area contributed by atoms with Crippen LogP contribution in [0.15, 0.2) is 73.1 Å². The van der Waals surface area contributed by atoms with Gasteiger partial charge in [0.1, 0.15) is 5.69 Å². The van der Waals surface area contributed by atoms with E-state index in [1.165, 1.54) is 18.4 Å². The smallest absolute Gasteiger partial charge is 0.270 e. The van der Waals surface area contributed by atoms with Gasteiger partial charge in [-0.25, -0.2) is 0 Å². The van der Waals surface area contributed by atoms with Gasteiger partial charge in [-0.3, -0.25) is 9.78 Å². The molecule has 3 aromatic rings. The fraction of sp³-hybridized carbons (Fsp3) is 0.273. The van der Waals surface area contributed by atoms with E-state index in [9.17, 15) is 4.79 Å². The van der Waals surface area contributed by atoms with E-state index in [1.54, 1.807) is 6.20 Å². The molecule has 1 aliphatic rings. The largest absolute Gasteiger partial charge is 0.340 e. The quantitative estimate of drug-likeness (QED) is 0.646. The van der Waals surface area contributed by atoms with Crippen LogP contribution in [0.5, 0.6) is 0 Å². The number of hydrogen-bond acceptors (Lipinski definition) is 2. The average molecular weight is 345 g/mol. The first-order chi connectivity index (χ1) is 12.8. The molecule has 0 aliphatic heterocycles. The second-order valence-electron chi connectivity index (χ2n) is 6.82. The molecular formula is C22H23N3O. The van der Waals surface area contributed by atoms with Crippen LogP contribution in [0.25, 0.3) is 0 Å². The van der Waals surface area contributed by atoms with Crippen LogP contribution in [0.3, 0.4) is 0 Å². The van der Waals surface area contributed by atoms with Gasteiger partial charge in [0.05, 0.1) is 12.2 Å². The lowest BCUT2D eigenvalue weighted by Gasteiger charge is -2.23. The Kier molecular flexibility index (Phi) is 4.82. The molecule has 0 unspecified atom stereocenters. The first-order valence-corrected chi connectivity index (χ1v) is 9.21. The zero-order valence-electron chi connectivity index (χ0n) is 14.8. The molecule has 0 N–H and O–H groups in total. The predicted molar refractivity (Wildman–Crippen MR) is 102 cm³/mol. The maximum atomic E-state index is 13.3. The summed E-state index contributed by atoms with van der Waals surface area (Å²) in [6.07, 6.45) is 6.98. The lowest BCUT2D eigenvalue weighted by Crippen LogP contribution is -2.34. The molecule has 4 rings (SSSR count). The lowest BCUT2D eigenvalue weighted by atomic mass is 10.1. The molecule has 1 fully saturated rings. The average Bonchev–Trinajstić information content (AvgIpc) is 3.42. The fourth-order valence-electron chi connectivity index (χ4n) is 3.26. The highest BCUT2D eigenvalue weighted by atomic mass is 16.2. The molecule has 0 spiro atoms. The molecule has 132 valence electrons. The fourth-order valence-corrected chi connectivity index (χ4v) is 3.26. The molecule has 4 nitrogen and oxygen atoms in total. The Labute approximate surface area is 154 Å². The van der Waals surface area contributed by atoms with Crippen LogP contribution in [-0.4, -0.2) is 26.9 Å². The zero-order valence-corrected chi connectivity index (χ0v) is 14.8. The van der Waals surface area contributed by atoms with Gasteiger partial charge >= 0.3 is 0 Å². The second kappa shape index (κ2) is 7.56. The first kappa shape index (κ1) is 16.6. The number of nitrogens with zero attached hydrogens (tertiary/aromatic N) is 3. The van der Waals surface area contributed by atoms with E-state index in [4.69, 9.17) is 0 Å². The van der Waals surface area contributed by atoms with E-state index in [2.05, 4.69) is 21.7 Å². The molecule has 0 saturated heterocycles. The summed E-state index contributed by atoms with van der Waals surface area (Å²) < 4.78 is 2.14. The third-order valence-electron chi connectivity index (χ3n) is 4.82. The Morgan fingerprint density at radius 2 is 1.85 bits per heavy atom. The molecule has 1 amide bonds. The van der Waals surface area contributed by atoms with Crippen LogP contribution in [0.4, 0.5) is 0 Å². The summed E-state index contributed by atoms with van der Waals surface area (Å²) >= 11 is 0. The van der Waals surface area contributed by atoms with E-state index in [0.29, 0.717) is 19.1 Å². The number of carbonyl (C=O) groups excluding carboxylic acids is 1. The van der Waals surface area contributed by atoms with Crippen molar-refractivity contribution in [2.24, 2.45) is 0 Å². The third kappa shape index (κ3) is 3.85. The molecule has 26 heavy (non-hydrogen) atoms. The van der Waals surface area contributed by atoms with E-state index >= 15 is 0 Å². The number of amides is 1. The Morgan fingerprint density at radius 3 is 2.58 bits per heavy atom. The van der Waals surface area contributed by atoms with Crippen molar-refractivity contribution in [1.82, 2.24) is 14.5 Å². The van der Waals surface area contributed by atoms with Crippen molar-refractivity contribution in [3.05, 3.63) is 90.0 Å². The molecule has 0 radical (unpaired) electrons. The van der Waals surface area contributed by atoms with E-state index in [1.807, 2.05) is 59.6 Å². The monoisotopic (exact) mass is 345 g/mol. The molecule has 0 bridgehead atoms. The highest BCUT2D eigenvalue weighted by molar-refractivity contribution is 5.92. The van der Waals surface area contributed by atoms with Crippen molar-refractivity contribution in [2.75, 3.05) is 6.54 Å². The summed E-state index contributed by atoms with van der Waals surface area (Å²) in [5.74, 6) is 0.0866. The Balaban J connectivity index is 1.54. The second-order valence-corrected chi connectivity index (χ2v) is 6.82. The van der Waals surface area contributed by atoms with Crippen molar-refractivity contribution in [1.29, 1.82) is 0 Å². The van der Waals surface area contributed by atoms with Crippen LogP contribution in [-0.2, 0) is 13.0 Å². The van der Waals surface area contributed by atoms with Crippen LogP contribution >= 0.6 is 0 Å². The van der Waals surface area contributed by atoms with Crippen molar-refractivity contribution in [3.8, 4) is 0 Å². The van der Waals surface area contributed by atoms with Gasteiger partial charge < -0.3 is 9.47 Å². The number of aromatic nitrogens is 2. The third-order valence-corrected chi connectivity index (χ3v) is 4.82. The van der Waals surface area contributed by atoms with Gasteiger partial charge in [-0.1, -0.05) is 36.4 Å². The van der Waals surface area contributed by atoms with Gasteiger partial charge in [-0.2, -0.15) is 0 Å². The number of carbonyl (C=O) groups is 1. The molecule has 1 aromatic carbocycles. The number of pyridine rings is 1. The minimum absolute atomic E-state index is 0.0866. The summed E-state index contributed by atoms with van der Waals surface area (Å²) in [5, 5.41) is 0. The van der Waals surface area contributed by atoms with E-state index < -0.39 is 0 Å². The summed E-state index contributed by atoms with van der Waals surface area (Å²) in [6, 6.07) is 20.6. The minimum atomic E-state index is 0.0866.